The molecule has 3 nitrogen and oxygen atoms in total. The maximum atomic E-state index is 12.8. The summed E-state index contributed by atoms with van der Waals surface area (Å²) >= 11 is 0. The number of nitrogens with one attached hydrogen (secondary N) is 1. The van der Waals surface area contributed by atoms with Crippen molar-refractivity contribution in [3.8, 4) is 0 Å². The first-order valence-corrected chi connectivity index (χ1v) is 7.77. The van der Waals surface area contributed by atoms with Gasteiger partial charge in [0.25, 0.3) is 0 Å². The highest BCUT2D eigenvalue weighted by Gasteiger charge is 2.06. The zero-order chi connectivity index (χ0) is 16.7. The van der Waals surface area contributed by atoms with Crippen molar-refractivity contribution in [1.29, 1.82) is 0 Å². The molecule has 0 bridgehead atoms. The summed E-state index contributed by atoms with van der Waals surface area (Å²) in [5.41, 5.74) is 3.32. The summed E-state index contributed by atoms with van der Waals surface area (Å²) in [6.45, 7) is 1.38. The first kappa shape index (κ1) is 17.2. The molecule has 122 valence electrons. The summed E-state index contributed by atoms with van der Waals surface area (Å²) in [6.07, 6.45) is 1.02. The van der Waals surface area contributed by atoms with Gasteiger partial charge in [0.15, 0.2) is 0 Å². The Morgan fingerprint density at radius 3 is 2.35 bits per heavy atom. The summed E-state index contributed by atoms with van der Waals surface area (Å²) < 4.78 is 12.8. The molecule has 1 amide bonds. The molecule has 2 aromatic rings. The van der Waals surface area contributed by atoms with Crippen molar-refractivity contribution in [2.24, 2.45) is 0 Å². The van der Waals surface area contributed by atoms with Crippen LogP contribution in [0.4, 0.5) is 4.39 Å². The SMILES string of the molecule is CN(C)Cc1ccccc1CNC(=O)CCc1ccc(F)cc1. The number of rotatable bonds is 7. The summed E-state index contributed by atoms with van der Waals surface area (Å²) in [5, 5.41) is 2.96. The van der Waals surface area contributed by atoms with E-state index in [-0.39, 0.29) is 11.7 Å². The third-order valence-corrected chi connectivity index (χ3v) is 3.63. The summed E-state index contributed by atoms with van der Waals surface area (Å²) in [4.78, 5) is 14.1. The lowest BCUT2D eigenvalue weighted by atomic mass is 10.1. The highest BCUT2D eigenvalue weighted by Crippen LogP contribution is 2.11. The number of hydrogen-bond donors (Lipinski definition) is 1. The number of carbonyl (C=O) groups is 1. The van der Waals surface area contributed by atoms with Crippen molar-refractivity contribution in [3.05, 3.63) is 71.0 Å². The van der Waals surface area contributed by atoms with E-state index < -0.39 is 0 Å². The van der Waals surface area contributed by atoms with Gasteiger partial charge in [0.1, 0.15) is 5.82 Å². The molecule has 0 saturated heterocycles. The van der Waals surface area contributed by atoms with Gasteiger partial charge < -0.3 is 10.2 Å². The van der Waals surface area contributed by atoms with Gasteiger partial charge in [-0.3, -0.25) is 4.79 Å². The lowest BCUT2D eigenvalue weighted by Gasteiger charge is -2.14. The molecule has 0 unspecified atom stereocenters. The van der Waals surface area contributed by atoms with Gasteiger partial charge in [0.05, 0.1) is 0 Å². The molecule has 0 fully saturated rings. The third kappa shape index (κ3) is 5.83. The lowest BCUT2D eigenvalue weighted by Crippen LogP contribution is -2.24. The molecule has 0 aliphatic rings. The fourth-order valence-electron chi connectivity index (χ4n) is 2.42. The van der Waals surface area contributed by atoms with E-state index in [1.54, 1.807) is 12.1 Å². The van der Waals surface area contributed by atoms with Gasteiger partial charge in [0, 0.05) is 19.5 Å². The van der Waals surface area contributed by atoms with Gasteiger partial charge in [-0.25, -0.2) is 4.39 Å². The summed E-state index contributed by atoms with van der Waals surface area (Å²) in [6, 6.07) is 14.4. The van der Waals surface area contributed by atoms with Gasteiger partial charge in [-0.1, -0.05) is 36.4 Å². The Hall–Kier alpha value is -2.20. The van der Waals surface area contributed by atoms with Crippen LogP contribution in [0.25, 0.3) is 0 Å². The molecule has 0 aliphatic carbocycles. The molecule has 2 aromatic carbocycles. The van der Waals surface area contributed by atoms with Crippen LogP contribution in [0.5, 0.6) is 0 Å². The second-order valence-electron chi connectivity index (χ2n) is 5.91. The maximum absolute atomic E-state index is 12.8. The average Bonchev–Trinajstić information content (AvgIpc) is 2.53. The lowest BCUT2D eigenvalue weighted by molar-refractivity contribution is -0.121. The number of amides is 1. The van der Waals surface area contributed by atoms with Crippen LogP contribution in [0.2, 0.25) is 0 Å². The van der Waals surface area contributed by atoms with E-state index in [1.165, 1.54) is 17.7 Å². The molecule has 2 rings (SSSR count). The quantitative estimate of drug-likeness (QED) is 0.851. The number of carbonyl (C=O) groups excluding carboxylic acids is 1. The van der Waals surface area contributed by atoms with Crippen LogP contribution >= 0.6 is 0 Å². The Balaban J connectivity index is 1.83. The van der Waals surface area contributed by atoms with Crippen molar-refractivity contribution in [3.63, 3.8) is 0 Å². The summed E-state index contributed by atoms with van der Waals surface area (Å²) in [7, 11) is 4.05. The molecular formula is C19H23FN2O. The Labute approximate surface area is 137 Å². The Bertz CT molecular complexity index is 638. The van der Waals surface area contributed by atoms with Crippen LogP contribution < -0.4 is 5.32 Å². The molecule has 23 heavy (non-hydrogen) atoms. The van der Waals surface area contributed by atoms with Crippen LogP contribution in [-0.2, 0) is 24.3 Å². The van der Waals surface area contributed by atoms with Crippen LogP contribution in [-0.4, -0.2) is 24.9 Å². The van der Waals surface area contributed by atoms with E-state index in [9.17, 15) is 9.18 Å². The molecule has 4 heteroatoms. The van der Waals surface area contributed by atoms with Crippen molar-refractivity contribution < 1.29 is 9.18 Å². The minimum atomic E-state index is -0.254. The third-order valence-electron chi connectivity index (χ3n) is 3.63. The zero-order valence-electron chi connectivity index (χ0n) is 13.7. The molecule has 0 heterocycles. The standard InChI is InChI=1S/C19H23FN2O/c1-22(2)14-17-6-4-3-5-16(17)13-21-19(23)12-9-15-7-10-18(20)11-8-15/h3-8,10-11H,9,12-14H2,1-2H3,(H,21,23). The summed E-state index contributed by atoms with van der Waals surface area (Å²) in [5.74, 6) is -0.246. The predicted molar refractivity (Wildman–Crippen MR) is 90.4 cm³/mol. The van der Waals surface area contributed by atoms with Gasteiger partial charge in [-0.2, -0.15) is 0 Å². The topological polar surface area (TPSA) is 32.3 Å². The Morgan fingerprint density at radius 2 is 1.70 bits per heavy atom. The Morgan fingerprint density at radius 1 is 1.04 bits per heavy atom. The van der Waals surface area contributed by atoms with Crippen molar-refractivity contribution in [2.45, 2.75) is 25.9 Å². The van der Waals surface area contributed by atoms with Gasteiger partial charge in [0.2, 0.25) is 5.91 Å². The number of benzene rings is 2. The minimum Gasteiger partial charge on any atom is -0.352 e. The second-order valence-corrected chi connectivity index (χ2v) is 5.91. The molecule has 0 spiro atoms. The normalized spacial score (nSPS) is 10.8. The smallest absolute Gasteiger partial charge is 0.220 e. The molecule has 1 N–H and O–H groups in total. The fraction of sp³-hybridized carbons (Fsp3) is 0.316. The first-order chi connectivity index (χ1) is 11.0. The predicted octanol–water partition coefficient (Wildman–Crippen LogP) is 3.14. The average molecular weight is 314 g/mol. The highest BCUT2D eigenvalue weighted by molar-refractivity contribution is 5.76. The van der Waals surface area contributed by atoms with E-state index in [1.807, 2.05) is 32.3 Å². The fourth-order valence-corrected chi connectivity index (χ4v) is 2.42. The molecule has 0 saturated carbocycles. The Kier molecular flexibility index (Phi) is 6.29. The van der Waals surface area contributed by atoms with Crippen molar-refractivity contribution in [2.75, 3.05) is 14.1 Å². The minimum absolute atomic E-state index is 0.00832. The van der Waals surface area contributed by atoms with Crippen molar-refractivity contribution >= 4 is 5.91 Å². The number of halogens is 1. The number of hydrogen-bond acceptors (Lipinski definition) is 2. The highest BCUT2D eigenvalue weighted by atomic mass is 19.1. The van der Waals surface area contributed by atoms with Crippen LogP contribution in [0.1, 0.15) is 23.1 Å². The zero-order valence-corrected chi connectivity index (χ0v) is 13.7. The molecule has 0 aliphatic heterocycles. The van der Waals surface area contributed by atoms with Crippen molar-refractivity contribution in [1.82, 2.24) is 10.2 Å². The monoisotopic (exact) mass is 314 g/mol. The molecule has 0 atom stereocenters. The molecule has 0 aromatic heterocycles. The van der Waals surface area contributed by atoms with E-state index in [0.29, 0.717) is 19.4 Å². The second kappa shape index (κ2) is 8.44. The van der Waals surface area contributed by atoms with E-state index in [2.05, 4.69) is 16.3 Å². The van der Waals surface area contributed by atoms with Crippen LogP contribution in [0.15, 0.2) is 48.5 Å². The van der Waals surface area contributed by atoms with E-state index in [0.717, 1.165) is 17.7 Å². The maximum Gasteiger partial charge on any atom is 0.220 e. The van der Waals surface area contributed by atoms with E-state index in [4.69, 9.17) is 0 Å². The van der Waals surface area contributed by atoms with Gasteiger partial charge in [-0.05, 0) is 49.3 Å². The van der Waals surface area contributed by atoms with Gasteiger partial charge in [-0.15, -0.1) is 0 Å². The molecular weight excluding hydrogens is 291 g/mol. The van der Waals surface area contributed by atoms with Crippen LogP contribution in [0, 0.1) is 5.82 Å². The first-order valence-electron chi connectivity index (χ1n) is 7.77. The van der Waals surface area contributed by atoms with Gasteiger partial charge >= 0.3 is 0 Å². The van der Waals surface area contributed by atoms with E-state index >= 15 is 0 Å². The number of aryl methyl sites for hydroxylation is 1. The van der Waals surface area contributed by atoms with Crippen LogP contribution in [0.3, 0.4) is 0 Å². The largest absolute Gasteiger partial charge is 0.352 e. The number of nitrogens with zero attached hydrogens (tertiary/aromatic N) is 1. The molecule has 0 radical (unpaired) electrons.